The standard InChI is InChI=1S/C27H31N3O11S3/c1-6-39-21(33)12-30-17-10-9-16(38-5)11-18(17)42-27(30)29-20(32)14-44(36,37)13-19(31)28-24-22(25(34)40-7-2)15(4)23(43-24)26(35)41-8-3/h9-11H,6-8,12-14H2,1-5H3,(H,28,31). The summed E-state index contributed by atoms with van der Waals surface area (Å²) in [6.45, 7) is 6.24. The summed E-state index contributed by atoms with van der Waals surface area (Å²) in [5.74, 6) is -5.95. The zero-order valence-electron chi connectivity index (χ0n) is 24.6. The number of sulfone groups is 1. The largest absolute Gasteiger partial charge is 0.497 e. The molecule has 0 atom stereocenters. The minimum absolute atomic E-state index is 0.0172. The Balaban J connectivity index is 1.85. The number of thiazole rings is 1. The van der Waals surface area contributed by atoms with Crippen LogP contribution in [-0.4, -0.2) is 81.1 Å². The van der Waals surface area contributed by atoms with Crippen LogP contribution in [0.15, 0.2) is 23.2 Å². The number of hydrogen-bond donors (Lipinski definition) is 1. The van der Waals surface area contributed by atoms with Crippen molar-refractivity contribution in [3.05, 3.63) is 39.0 Å². The van der Waals surface area contributed by atoms with E-state index in [1.165, 1.54) is 18.6 Å². The van der Waals surface area contributed by atoms with Crippen molar-refractivity contribution in [2.75, 3.05) is 43.8 Å². The van der Waals surface area contributed by atoms with Crippen molar-refractivity contribution in [1.29, 1.82) is 0 Å². The second-order valence-corrected chi connectivity index (χ2v) is 13.0. The van der Waals surface area contributed by atoms with Gasteiger partial charge in [-0.05, 0) is 51.5 Å². The van der Waals surface area contributed by atoms with Crippen LogP contribution >= 0.6 is 22.7 Å². The van der Waals surface area contributed by atoms with Crippen LogP contribution in [0, 0.1) is 6.92 Å². The fourth-order valence-electron chi connectivity index (χ4n) is 3.94. The van der Waals surface area contributed by atoms with Crippen molar-refractivity contribution in [3.8, 4) is 5.75 Å². The van der Waals surface area contributed by atoms with Gasteiger partial charge in [-0.1, -0.05) is 11.3 Å². The topological polar surface area (TPSA) is 186 Å². The molecule has 1 aromatic carbocycles. The Kier molecular flexibility index (Phi) is 11.8. The number of anilines is 1. The summed E-state index contributed by atoms with van der Waals surface area (Å²) in [6, 6.07) is 5.00. The molecule has 0 aliphatic carbocycles. The number of aromatic nitrogens is 1. The molecule has 0 saturated heterocycles. The number of methoxy groups -OCH3 is 1. The van der Waals surface area contributed by atoms with E-state index in [1.807, 2.05) is 0 Å². The van der Waals surface area contributed by atoms with Crippen LogP contribution in [0.2, 0.25) is 0 Å². The normalized spacial score (nSPS) is 11.7. The van der Waals surface area contributed by atoms with Crippen LogP contribution in [0.1, 0.15) is 46.4 Å². The average molecular weight is 670 g/mol. The van der Waals surface area contributed by atoms with Crippen LogP contribution in [-0.2, 0) is 45.0 Å². The Labute approximate surface area is 260 Å². The fraction of sp³-hybridized carbons (Fsp3) is 0.407. The van der Waals surface area contributed by atoms with Gasteiger partial charge in [0.15, 0.2) is 14.6 Å². The number of hydrogen-bond acceptors (Lipinski definition) is 13. The van der Waals surface area contributed by atoms with E-state index in [0.29, 0.717) is 16.0 Å². The van der Waals surface area contributed by atoms with Crippen molar-refractivity contribution < 1.29 is 51.3 Å². The highest BCUT2D eigenvalue weighted by Gasteiger charge is 2.29. The number of thiophene rings is 1. The molecule has 238 valence electrons. The number of amides is 2. The molecule has 44 heavy (non-hydrogen) atoms. The molecule has 3 rings (SSSR count). The van der Waals surface area contributed by atoms with E-state index in [0.717, 1.165) is 22.7 Å². The molecule has 0 aliphatic rings. The lowest BCUT2D eigenvalue weighted by Gasteiger charge is -2.07. The number of ether oxygens (including phenoxy) is 4. The number of carbonyl (C=O) groups excluding carboxylic acids is 5. The lowest BCUT2D eigenvalue weighted by molar-refractivity contribution is -0.143. The van der Waals surface area contributed by atoms with Crippen LogP contribution in [0.5, 0.6) is 5.75 Å². The number of nitrogens with zero attached hydrogens (tertiary/aromatic N) is 2. The van der Waals surface area contributed by atoms with Crippen molar-refractivity contribution in [2.45, 2.75) is 34.2 Å². The SMILES string of the molecule is CCOC(=O)Cn1c(=NC(=O)CS(=O)(=O)CC(=O)Nc2sc(C(=O)OCC)c(C)c2C(=O)OCC)sc2cc(OC)ccc21. The molecule has 0 fully saturated rings. The van der Waals surface area contributed by atoms with E-state index >= 15 is 0 Å². The Morgan fingerprint density at radius 2 is 1.59 bits per heavy atom. The lowest BCUT2D eigenvalue weighted by Crippen LogP contribution is -2.29. The monoisotopic (exact) mass is 669 g/mol. The molecule has 0 radical (unpaired) electrons. The second-order valence-electron chi connectivity index (χ2n) is 8.90. The van der Waals surface area contributed by atoms with Crippen LogP contribution in [0.3, 0.4) is 0 Å². The zero-order valence-corrected chi connectivity index (χ0v) is 27.0. The van der Waals surface area contributed by atoms with E-state index in [-0.39, 0.29) is 52.2 Å². The summed E-state index contributed by atoms with van der Waals surface area (Å²) in [5, 5.41) is 2.25. The van der Waals surface area contributed by atoms with Gasteiger partial charge in [0.25, 0.3) is 5.91 Å². The molecular weight excluding hydrogens is 639 g/mol. The van der Waals surface area contributed by atoms with Gasteiger partial charge in [0, 0.05) is 0 Å². The van der Waals surface area contributed by atoms with Gasteiger partial charge in [0.05, 0.1) is 42.7 Å². The molecule has 0 saturated carbocycles. The first-order valence-corrected chi connectivity index (χ1v) is 16.7. The van der Waals surface area contributed by atoms with Gasteiger partial charge in [-0.2, -0.15) is 4.99 Å². The number of benzene rings is 1. The maximum atomic E-state index is 12.8. The maximum Gasteiger partial charge on any atom is 0.348 e. The number of fused-ring (bicyclic) bond motifs is 1. The van der Waals surface area contributed by atoms with Gasteiger partial charge in [0.2, 0.25) is 5.91 Å². The third-order valence-electron chi connectivity index (χ3n) is 5.74. The highest BCUT2D eigenvalue weighted by atomic mass is 32.2. The summed E-state index contributed by atoms with van der Waals surface area (Å²) in [7, 11) is -2.87. The predicted octanol–water partition coefficient (Wildman–Crippen LogP) is 2.48. The van der Waals surface area contributed by atoms with Gasteiger partial charge in [-0.3, -0.25) is 14.4 Å². The van der Waals surface area contributed by atoms with E-state index in [4.69, 9.17) is 18.9 Å². The van der Waals surface area contributed by atoms with Gasteiger partial charge < -0.3 is 28.8 Å². The summed E-state index contributed by atoms with van der Waals surface area (Å²) < 4.78 is 48.0. The third-order valence-corrected chi connectivity index (χ3v) is 9.35. The van der Waals surface area contributed by atoms with Gasteiger partial charge in [0.1, 0.15) is 33.7 Å². The van der Waals surface area contributed by atoms with E-state index in [2.05, 4.69) is 10.3 Å². The number of esters is 3. The Morgan fingerprint density at radius 3 is 2.23 bits per heavy atom. The summed E-state index contributed by atoms with van der Waals surface area (Å²) >= 11 is 1.77. The minimum Gasteiger partial charge on any atom is -0.497 e. The second kappa shape index (κ2) is 15.1. The molecule has 2 heterocycles. The van der Waals surface area contributed by atoms with Crippen molar-refractivity contribution in [2.24, 2.45) is 4.99 Å². The highest BCUT2D eigenvalue weighted by molar-refractivity contribution is 7.92. The maximum absolute atomic E-state index is 12.8. The van der Waals surface area contributed by atoms with E-state index in [9.17, 15) is 32.4 Å². The van der Waals surface area contributed by atoms with Crippen LogP contribution in [0.25, 0.3) is 10.2 Å². The molecule has 17 heteroatoms. The van der Waals surface area contributed by atoms with Crippen LogP contribution < -0.4 is 14.9 Å². The first-order valence-electron chi connectivity index (χ1n) is 13.2. The molecule has 0 unspecified atom stereocenters. The summed E-state index contributed by atoms with van der Waals surface area (Å²) in [6.07, 6.45) is 0. The first kappa shape index (κ1) is 34.4. The van der Waals surface area contributed by atoms with Crippen molar-refractivity contribution in [1.82, 2.24) is 4.57 Å². The summed E-state index contributed by atoms with van der Waals surface area (Å²) in [5.41, 5.74) is 0.642. The molecule has 1 N–H and O–H groups in total. The van der Waals surface area contributed by atoms with Crippen molar-refractivity contribution in [3.63, 3.8) is 0 Å². The fourth-order valence-corrected chi connectivity index (χ4v) is 7.13. The third kappa shape index (κ3) is 8.51. The molecule has 2 amide bonds. The van der Waals surface area contributed by atoms with Gasteiger partial charge in [-0.25, -0.2) is 18.0 Å². The first-order chi connectivity index (χ1) is 20.8. The lowest BCUT2D eigenvalue weighted by atomic mass is 10.1. The smallest absolute Gasteiger partial charge is 0.348 e. The minimum atomic E-state index is -4.35. The Bertz CT molecular complexity index is 1770. The van der Waals surface area contributed by atoms with E-state index in [1.54, 1.807) is 39.0 Å². The molecule has 14 nitrogen and oxygen atoms in total. The van der Waals surface area contributed by atoms with Crippen LogP contribution in [0.4, 0.5) is 5.00 Å². The molecule has 0 aliphatic heterocycles. The highest BCUT2D eigenvalue weighted by Crippen LogP contribution is 2.34. The number of carbonyl (C=O) groups is 5. The predicted molar refractivity (Wildman–Crippen MR) is 162 cm³/mol. The Hall–Kier alpha value is -4.09. The van der Waals surface area contributed by atoms with Gasteiger partial charge in [-0.15, -0.1) is 11.3 Å². The molecule has 3 aromatic rings. The quantitative estimate of drug-likeness (QED) is 0.208. The molecule has 0 bridgehead atoms. The zero-order chi connectivity index (χ0) is 32.6. The van der Waals surface area contributed by atoms with Crippen molar-refractivity contribution >= 4 is 77.5 Å². The summed E-state index contributed by atoms with van der Waals surface area (Å²) in [4.78, 5) is 66.7. The number of rotatable bonds is 13. The average Bonchev–Trinajstić information content (AvgIpc) is 3.43. The van der Waals surface area contributed by atoms with Gasteiger partial charge >= 0.3 is 17.9 Å². The molecule has 0 spiro atoms. The molecule has 2 aromatic heterocycles. The number of nitrogens with one attached hydrogen (secondary N) is 1. The molecular formula is C27H31N3O11S3. The Morgan fingerprint density at radius 1 is 0.932 bits per heavy atom. The van der Waals surface area contributed by atoms with E-state index < -0.39 is 51.1 Å².